The van der Waals surface area contributed by atoms with Crippen molar-refractivity contribution in [2.75, 3.05) is 0 Å². The summed E-state index contributed by atoms with van der Waals surface area (Å²) in [4.78, 5) is 0. The molecule has 4 atom stereocenters. The summed E-state index contributed by atoms with van der Waals surface area (Å²) in [5, 5.41) is 18.6. The molecule has 4 unspecified atom stereocenters. The summed E-state index contributed by atoms with van der Waals surface area (Å²) in [6.07, 6.45) is 3.18. The Balaban J connectivity index is 1.93. The van der Waals surface area contributed by atoms with Crippen molar-refractivity contribution in [3.63, 3.8) is 0 Å². The van der Waals surface area contributed by atoms with Crippen molar-refractivity contribution >= 4 is 0 Å². The lowest BCUT2D eigenvalue weighted by molar-refractivity contribution is -0.00422. The van der Waals surface area contributed by atoms with E-state index >= 15 is 0 Å². The molecule has 0 aromatic heterocycles. The third-order valence-electron chi connectivity index (χ3n) is 4.51. The number of hydrogen-bond donors (Lipinski definition) is 2. The lowest BCUT2D eigenvalue weighted by atomic mass is 9.69. The van der Waals surface area contributed by atoms with Crippen molar-refractivity contribution in [1.82, 2.24) is 0 Å². The molecule has 3 N–H and O–H groups in total. The van der Waals surface area contributed by atoms with Gasteiger partial charge in [0.1, 0.15) is 12.1 Å². The Bertz CT molecular complexity index is 284. The van der Waals surface area contributed by atoms with E-state index in [4.69, 9.17) is 11.0 Å². The lowest BCUT2D eigenvalue weighted by Gasteiger charge is -2.39. The summed E-state index contributed by atoms with van der Waals surface area (Å²) in [5.41, 5.74) is 5.86. The van der Waals surface area contributed by atoms with Gasteiger partial charge in [-0.15, -0.1) is 0 Å². The van der Waals surface area contributed by atoms with Gasteiger partial charge < -0.3 is 10.8 Å². The van der Waals surface area contributed by atoms with Gasteiger partial charge >= 0.3 is 0 Å². The fourth-order valence-corrected chi connectivity index (χ4v) is 3.40. The molecule has 0 aromatic rings. The highest BCUT2D eigenvalue weighted by atomic mass is 19.1. The van der Waals surface area contributed by atoms with E-state index in [9.17, 15) is 9.50 Å². The summed E-state index contributed by atoms with van der Waals surface area (Å²) in [5.74, 6) is -0.100. The van der Waals surface area contributed by atoms with Gasteiger partial charge in [-0.05, 0) is 50.4 Å². The number of nitrogens with two attached hydrogens (primary N) is 1. The third kappa shape index (κ3) is 2.78. The molecule has 0 aromatic carbocycles. The van der Waals surface area contributed by atoms with Gasteiger partial charge in [-0.25, -0.2) is 4.39 Å². The van der Waals surface area contributed by atoms with Crippen LogP contribution in [0.3, 0.4) is 0 Å². The van der Waals surface area contributed by atoms with Gasteiger partial charge in [0.25, 0.3) is 0 Å². The Morgan fingerprint density at radius 1 is 1.12 bits per heavy atom. The first-order chi connectivity index (χ1) is 8.11. The molecule has 0 amide bonds. The molecule has 4 heteroatoms. The molecule has 0 bridgehead atoms. The van der Waals surface area contributed by atoms with E-state index in [1.54, 1.807) is 0 Å². The monoisotopic (exact) mass is 240 g/mol. The largest absolute Gasteiger partial charge is 0.392 e. The first kappa shape index (κ1) is 12.8. The zero-order valence-electron chi connectivity index (χ0n) is 10.1. The summed E-state index contributed by atoms with van der Waals surface area (Å²) in [6.45, 7) is 0. The van der Waals surface area contributed by atoms with Crippen LogP contribution in [0, 0.1) is 29.1 Å². The second-order valence-electron chi connectivity index (χ2n) is 5.64. The van der Waals surface area contributed by atoms with Crippen molar-refractivity contribution in [2.45, 2.75) is 56.8 Å². The molecule has 17 heavy (non-hydrogen) atoms. The van der Waals surface area contributed by atoms with Crippen LogP contribution in [0.2, 0.25) is 0 Å². The maximum Gasteiger partial charge on any atom is 0.119 e. The minimum Gasteiger partial charge on any atom is -0.392 e. The standard InChI is InChI=1S/C13H21FN2O/c14-12-5-9(6-13(17)11(12)7-15)8-1-3-10(16)4-2-8/h8-13,17H,1-6,16H2. The number of alkyl halides is 1. The number of halogens is 1. The van der Waals surface area contributed by atoms with Gasteiger partial charge in [0.2, 0.25) is 0 Å². The number of aliphatic hydroxyl groups excluding tert-OH is 1. The van der Waals surface area contributed by atoms with Crippen molar-refractivity contribution in [3.8, 4) is 6.07 Å². The van der Waals surface area contributed by atoms with Crippen LogP contribution in [0.5, 0.6) is 0 Å². The van der Waals surface area contributed by atoms with Gasteiger partial charge in [0.15, 0.2) is 0 Å². The molecule has 0 aliphatic heterocycles. The molecule has 0 radical (unpaired) electrons. The normalized spacial score (nSPS) is 47.4. The maximum atomic E-state index is 13.8. The average molecular weight is 240 g/mol. The van der Waals surface area contributed by atoms with Crippen LogP contribution in [0.1, 0.15) is 38.5 Å². The van der Waals surface area contributed by atoms with E-state index in [2.05, 4.69) is 0 Å². The minimum atomic E-state index is -1.16. The summed E-state index contributed by atoms with van der Waals surface area (Å²) < 4.78 is 13.8. The molecule has 3 nitrogen and oxygen atoms in total. The highest BCUT2D eigenvalue weighted by molar-refractivity contribution is 4.99. The highest BCUT2D eigenvalue weighted by Gasteiger charge is 2.40. The van der Waals surface area contributed by atoms with Crippen molar-refractivity contribution in [3.05, 3.63) is 0 Å². The quantitative estimate of drug-likeness (QED) is 0.733. The van der Waals surface area contributed by atoms with Crippen molar-refractivity contribution < 1.29 is 9.50 Å². The van der Waals surface area contributed by atoms with E-state index < -0.39 is 18.2 Å². The molecule has 2 aliphatic rings. The van der Waals surface area contributed by atoms with Crippen molar-refractivity contribution in [2.24, 2.45) is 23.5 Å². The van der Waals surface area contributed by atoms with E-state index in [0.29, 0.717) is 24.8 Å². The summed E-state index contributed by atoms with van der Waals surface area (Å²) >= 11 is 0. The second-order valence-corrected chi connectivity index (χ2v) is 5.64. The molecule has 96 valence electrons. The van der Waals surface area contributed by atoms with Crippen LogP contribution in [0.4, 0.5) is 4.39 Å². The third-order valence-corrected chi connectivity index (χ3v) is 4.51. The highest BCUT2D eigenvalue weighted by Crippen LogP contribution is 2.40. The number of nitrogens with zero attached hydrogens (tertiary/aromatic N) is 1. The van der Waals surface area contributed by atoms with Gasteiger partial charge in [-0.2, -0.15) is 5.26 Å². The van der Waals surface area contributed by atoms with Crippen LogP contribution in [-0.2, 0) is 0 Å². The Labute approximate surface area is 102 Å². The zero-order valence-corrected chi connectivity index (χ0v) is 10.1. The average Bonchev–Trinajstić information content (AvgIpc) is 2.29. The van der Waals surface area contributed by atoms with Crippen LogP contribution in [-0.4, -0.2) is 23.4 Å². The van der Waals surface area contributed by atoms with Gasteiger partial charge in [0.05, 0.1) is 12.2 Å². The molecule has 0 heterocycles. The van der Waals surface area contributed by atoms with E-state index in [0.717, 1.165) is 25.7 Å². The van der Waals surface area contributed by atoms with Crippen molar-refractivity contribution in [1.29, 1.82) is 5.26 Å². The van der Waals surface area contributed by atoms with Gasteiger partial charge in [-0.3, -0.25) is 0 Å². The molecular weight excluding hydrogens is 219 g/mol. The Morgan fingerprint density at radius 3 is 2.29 bits per heavy atom. The van der Waals surface area contributed by atoms with E-state index in [1.165, 1.54) is 0 Å². The Morgan fingerprint density at radius 2 is 1.76 bits per heavy atom. The Hall–Kier alpha value is -0.660. The van der Waals surface area contributed by atoms with Crippen LogP contribution in [0.15, 0.2) is 0 Å². The van der Waals surface area contributed by atoms with Crippen LogP contribution < -0.4 is 5.73 Å². The zero-order chi connectivity index (χ0) is 12.4. The SMILES string of the molecule is N#CC1C(O)CC(C2CCC(N)CC2)CC1F. The smallest absolute Gasteiger partial charge is 0.119 e. The topological polar surface area (TPSA) is 70.0 Å². The number of aliphatic hydroxyl groups is 1. The predicted molar refractivity (Wildman–Crippen MR) is 62.7 cm³/mol. The van der Waals surface area contributed by atoms with E-state index in [-0.39, 0.29) is 5.92 Å². The molecule has 0 spiro atoms. The lowest BCUT2D eigenvalue weighted by Crippen LogP contribution is -2.41. The van der Waals surface area contributed by atoms with Gasteiger partial charge in [-0.1, -0.05) is 0 Å². The number of rotatable bonds is 1. The second kappa shape index (κ2) is 5.32. The number of nitriles is 1. The number of hydrogen-bond acceptors (Lipinski definition) is 3. The molecule has 2 fully saturated rings. The molecule has 2 rings (SSSR count). The van der Waals surface area contributed by atoms with Crippen LogP contribution >= 0.6 is 0 Å². The fraction of sp³-hybridized carbons (Fsp3) is 0.923. The molecule has 2 aliphatic carbocycles. The summed E-state index contributed by atoms with van der Waals surface area (Å²) in [7, 11) is 0. The summed E-state index contributed by atoms with van der Waals surface area (Å²) in [6, 6.07) is 2.19. The predicted octanol–water partition coefficient (Wildman–Crippen LogP) is 1.75. The van der Waals surface area contributed by atoms with Crippen LogP contribution in [0.25, 0.3) is 0 Å². The fourth-order valence-electron chi connectivity index (χ4n) is 3.40. The first-order valence-electron chi connectivity index (χ1n) is 6.59. The molecule has 2 saturated carbocycles. The minimum absolute atomic E-state index is 0.233. The van der Waals surface area contributed by atoms with E-state index in [1.807, 2.05) is 6.07 Å². The van der Waals surface area contributed by atoms with Gasteiger partial charge in [0, 0.05) is 6.04 Å². The first-order valence-corrected chi connectivity index (χ1v) is 6.59. The Kier molecular flexibility index (Phi) is 4.01. The maximum absolute atomic E-state index is 13.8. The molecular formula is C13H21FN2O. The molecule has 0 saturated heterocycles.